The van der Waals surface area contributed by atoms with Crippen LogP contribution in [0, 0.1) is 0 Å². The Morgan fingerprint density at radius 1 is 0.864 bits per heavy atom. The molecule has 1 fully saturated rings. The van der Waals surface area contributed by atoms with Gasteiger partial charge in [0.1, 0.15) is 0 Å². The quantitative estimate of drug-likeness (QED) is 0.415. The molecule has 0 aromatic heterocycles. The van der Waals surface area contributed by atoms with Gasteiger partial charge in [-0.2, -0.15) is 0 Å². The van der Waals surface area contributed by atoms with Crippen molar-refractivity contribution < 1.29 is 4.74 Å². The van der Waals surface area contributed by atoms with Gasteiger partial charge >= 0.3 is 144 Å². The number of ether oxygens (including phenoxy) is 1. The van der Waals surface area contributed by atoms with Crippen molar-refractivity contribution in [1.82, 2.24) is 0 Å². The van der Waals surface area contributed by atoms with Crippen LogP contribution in [0.2, 0.25) is 13.3 Å². The molecule has 0 spiro atoms. The average Bonchev–Trinajstić information content (AvgIpc) is 2.55. The third-order valence-corrected chi connectivity index (χ3v) is 19.9. The molecule has 0 aliphatic heterocycles. The first-order chi connectivity index (χ1) is 10.7. The van der Waals surface area contributed by atoms with Crippen molar-refractivity contribution in [2.75, 3.05) is 4.62 Å². The molecule has 2 atom stereocenters. The van der Waals surface area contributed by atoms with Crippen LogP contribution >= 0.6 is 0 Å². The summed E-state index contributed by atoms with van der Waals surface area (Å²) >= 11 is -2.10. The Kier molecular flexibility index (Phi) is 11.5. The summed E-state index contributed by atoms with van der Waals surface area (Å²) < 4.78 is 12.3. The summed E-state index contributed by atoms with van der Waals surface area (Å²) in [6.45, 7) is 7.02. The van der Waals surface area contributed by atoms with Gasteiger partial charge in [-0.3, -0.25) is 0 Å². The maximum atomic E-state index is 6.52. The van der Waals surface area contributed by atoms with Crippen LogP contribution in [0.3, 0.4) is 0 Å². The predicted molar refractivity (Wildman–Crippen MR) is 101 cm³/mol. The molecule has 1 aliphatic carbocycles. The molecule has 0 aromatic carbocycles. The van der Waals surface area contributed by atoms with Gasteiger partial charge in [0.15, 0.2) is 0 Å². The Bertz CT molecular complexity index is 250. The minimum absolute atomic E-state index is 0.307. The molecule has 1 rings (SSSR count). The Morgan fingerprint density at radius 2 is 1.36 bits per heavy atom. The summed E-state index contributed by atoms with van der Waals surface area (Å²) in [6.07, 6.45) is 13.7. The van der Waals surface area contributed by atoms with Gasteiger partial charge in [0, 0.05) is 0 Å². The molecule has 132 valence electrons. The molecule has 2 unspecified atom stereocenters. The molecule has 0 amide bonds. The van der Waals surface area contributed by atoms with Crippen LogP contribution in [0.5, 0.6) is 0 Å². The van der Waals surface area contributed by atoms with Crippen molar-refractivity contribution in [3.8, 4) is 0 Å². The van der Waals surface area contributed by atoms with Crippen molar-refractivity contribution in [1.29, 1.82) is 0 Å². The molecule has 0 aromatic rings. The van der Waals surface area contributed by atoms with E-state index in [-0.39, 0.29) is 0 Å². The standard InChI is InChI=1S/C7H14NO.3C4H9.Sn/c1-9-7-5-3-2-4-6(7)8;3*1-3-4-2;/h6-7H,1-5,8H2;3*1,3-4H2,2H3;. The van der Waals surface area contributed by atoms with E-state index in [1.165, 1.54) is 64.2 Å². The van der Waals surface area contributed by atoms with Crippen LogP contribution < -0.4 is 5.73 Å². The molecule has 22 heavy (non-hydrogen) atoms. The second kappa shape index (κ2) is 12.1. The van der Waals surface area contributed by atoms with E-state index in [2.05, 4.69) is 20.8 Å². The second-order valence-corrected chi connectivity index (χ2v) is 21.3. The van der Waals surface area contributed by atoms with Gasteiger partial charge in [-0.25, -0.2) is 0 Å². The number of hydrogen-bond acceptors (Lipinski definition) is 2. The molecule has 0 saturated heterocycles. The molecule has 0 bridgehead atoms. The van der Waals surface area contributed by atoms with Gasteiger partial charge in [0.05, 0.1) is 0 Å². The van der Waals surface area contributed by atoms with E-state index in [4.69, 9.17) is 10.5 Å². The monoisotopic (exact) mass is 419 g/mol. The van der Waals surface area contributed by atoms with Crippen LogP contribution in [-0.4, -0.2) is 35.1 Å². The SMILES string of the molecule is CCC[CH2][Sn]([CH2]CCC)([CH2]CCC)[CH2]OC1CCCCC1N. The zero-order chi connectivity index (χ0) is 16.3. The van der Waals surface area contributed by atoms with E-state index >= 15 is 0 Å². The first kappa shape index (κ1) is 20.8. The van der Waals surface area contributed by atoms with Crippen LogP contribution in [0.4, 0.5) is 0 Å². The first-order valence-electron chi connectivity index (χ1n) is 10.0. The van der Waals surface area contributed by atoms with Crippen molar-refractivity contribution in [3.63, 3.8) is 0 Å². The normalized spacial score (nSPS) is 22.9. The topological polar surface area (TPSA) is 35.2 Å². The van der Waals surface area contributed by atoms with Gasteiger partial charge < -0.3 is 0 Å². The molecular formula is C19H41NOSn. The number of unbranched alkanes of at least 4 members (excludes halogenated alkanes) is 3. The minimum atomic E-state index is -2.10. The van der Waals surface area contributed by atoms with Crippen LogP contribution in [0.25, 0.3) is 0 Å². The van der Waals surface area contributed by atoms with Crippen LogP contribution in [0.15, 0.2) is 0 Å². The van der Waals surface area contributed by atoms with Gasteiger partial charge in [-0.15, -0.1) is 0 Å². The molecule has 2 N–H and O–H groups in total. The molecule has 1 saturated carbocycles. The van der Waals surface area contributed by atoms with Crippen molar-refractivity contribution in [3.05, 3.63) is 0 Å². The molecule has 0 heterocycles. The summed E-state index contributed by atoms with van der Waals surface area (Å²) in [5.74, 6) is 0. The van der Waals surface area contributed by atoms with Crippen molar-refractivity contribution >= 4 is 18.4 Å². The zero-order valence-corrected chi connectivity index (χ0v) is 18.4. The van der Waals surface area contributed by atoms with E-state index in [1.54, 1.807) is 13.3 Å². The fraction of sp³-hybridized carbons (Fsp3) is 1.00. The predicted octanol–water partition coefficient (Wildman–Crippen LogP) is 5.66. The molecular weight excluding hydrogens is 377 g/mol. The Hall–Kier alpha value is 0.719. The molecule has 1 aliphatic rings. The van der Waals surface area contributed by atoms with Gasteiger partial charge in [-0.05, 0) is 0 Å². The molecule has 0 radical (unpaired) electrons. The maximum absolute atomic E-state index is 6.52. The van der Waals surface area contributed by atoms with Gasteiger partial charge in [0.2, 0.25) is 0 Å². The zero-order valence-electron chi connectivity index (χ0n) is 15.5. The number of hydrogen-bond donors (Lipinski definition) is 1. The average molecular weight is 418 g/mol. The van der Waals surface area contributed by atoms with E-state index in [9.17, 15) is 0 Å². The third-order valence-electron chi connectivity index (χ3n) is 5.54. The summed E-state index contributed by atoms with van der Waals surface area (Å²) in [5.41, 5.74) is 6.31. The number of nitrogens with two attached hydrogens (primary N) is 1. The van der Waals surface area contributed by atoms with Crippen molar-refractivity contribution in [2.45, 2.75) is 110 Å². The number of rotatable bonds is 12. The summed E-state index contributed by atoms with van der Waals surface area (Å²) in [5, 5.41) is 0. The Balaban J connectivity index is 2.62. The second-order valence-electron chi connectivity index (χ2n) is 7.61. The Labute approximate surface area is 143 Å². The van der Waals surface area contributed by atoms with E-state index < -0.39 is 18.4 Å². The fourth-order valence-corrected chi connectivity index (χ4v) is 18.3. The summed E-state index contributed by atoms with van der Waals surface area (Å²) in [7, 11) is 0. The van der Waals surface area contributed by atoms with Crippen molar-refractivity contribution in [2.24, 2.45) is 5.73 Å². The summed E-state index contributed by atoms with van der Waals surface area (Å²) in [4.78, 5) is 0. The van der Waals surface area contributed by atoms with E-state index in [0.717, 1.165) is 4.62 Å². The van der Waals surface area contributed by atoms with Gasteiger partial charge in [0.25, 0.3) is 0 Å². The Morgan fingerprint density at radius 3 is 1.82 bits per heavy atom. The van der Waals surface area contributed by atoms with Gasteiger partial charge in [-0.1, -0.05) is 0 Å². The molecule has 3 heteroatoms. The van der Waals surface area contributed by atoms with E-state index in [0.29, 0.717) is 12.1 Å². The first-order valence-corrected chi connectivity index (χ1v) is 18.1. The van der Waals surface area contributed by atoms with Crippen LogP contribution in [0.1, 0.15) is 85.0 Å². The molecule has 2 nitrogen and oxygen atoms in total. The van der Waals surface area contributed by atoms with E-state index in [1.807, 2.05) is 0 Å². The summed E-state index contributed by atoms with van der Waals surface area (Å²) in [6, 6.07) is 0.307. The fourth-order valence-electron chi connectivity index (χ4n) is 3.86. The third kappa shape index (κ3) is 7.53. The van der Waals surface area contributed by atoms with Crippen LogP contribution in [-0.2, 0) is 4.74 Å².